The molecule has 0 heterocycles. The fourth-order valence-electron chi connectivity index (χ4n) is 11.9. The van der Waals surface area contributed by atoms with Gasteiger partial charge < -0.3 is 9.47 Å². The SMILES string of the molecule is CCCCCCCCCCOc1ccc(-c2ccc(C(=O)O[C@H]3CC[C@@]4(C)C(=CC[C@H]5[C@@H]6CC[C@H]([C@H](C)CCCC(C)C)[C@@]6(C)CC[C@@H]54)C3)cc2)cc1. The molecule has 4 aliphatic rings. The molecule has 0 bridgehead atoms. The highest BCUT2D eigenvalue weighted by Crippen LogP contribution is 2.67. The van der Waals surface area contributed by atoms with Crippen molar-refractivity contribution >= 4 is 5.97 Å². The summed E-state index contributed by atoms with van der Waals surface area (Å²) >= 11 is 0. The molecule has 3 fully saturated rings. The molecule has 4 aliphatic carbocycles. The van der Waals surface area contributed by atoms with Crippen LogP contribution in [0.4, 0.5) is 0 Å². The molecular formula is C50H74O3. The van der Waals surface area contributed by atoms with Crippen molar-refractivity contribution in [3.05, 3.63) is 65.7 Å². The van der Waals surface area contributed by atoms with Crippen molar-refractivity contribution in [2.45, 2.75) is 170 Å². The quantitative estimate of drug-likeness (QED) is 0.0873. The minimum atomic E-state index is -0.183. The van der Waals surface area contributed by atoms with Gasteiger partial charge in [0.1, 0.15) is 11.9 Å². The van der Waals surface area contributed by atoms with Crippen molar-refractivity contribution < 1.29 is 14.3 Å². The number of unbranched alkanes of at least 4 members (excludes halogenated alkanes) is 7. The molecule has 0 aromatic heterocycles. The minimum absolute atomic E-state index is 0.0206. The van der Waals surface area contributed by atoms with E-state index in [-0.39, 0.29) is 17.5 Å². The molecule has 2 aromatic rings. The second-order valence-corrected chi connectivity index (χ2v) is 19.0. The monoisotopic (exact) mass is 723 g/mol. The van der Waals surface area contributed by atoms with Crippen molar-refractivity contribution in [3.8, 4) is 16.9 Å². The number of hydrogen-bond donors (Lipinski definition) is 0. The van der Waals surface area contributed by atoms with Crippen LogP contribution < -0.4 is 4.74 Å². The Kier molecular flexibility index (Phi) is 13.9. The Morgan fingerprint density at radius 3 is 2.13 bits per heavy atom. The number of allylic oxidation sites excluding steroid dienone is 1. The van der Waals surface area contributed by atoms with Crippen LogP contribution in [0.2, 0.25) is 0 Å². The molecule has 2 aromatic carbocycles. The Bertz CT molecular complexity index is 1470. The van der Waals surface area contributed by atoms with Crippen LogP contribution in [0.5, 0.6) is 5.75 Å². The largest absolute Gasteiger partial charge is 0.494 e. The third-order valence-electron chi connectivity index (χ3n) is 15.1. The van der Waals surface area contributed by atoms with Crippen LogP contribution in [-0.2, 0) is 4.74 Å². The summed E-state index contributed by atoms with van der Waals surface area (Å²) < 4.78 is 12.2. The van der Waals surface area contributed by atoms with Crippen LogP contribution in [-0.4, -0.2) is 18.7 Å². The first kappa shape index (κ1) is 40.1. The number of benzene rings is 2. The second-order valence-electron chi connectivity index (χ2n) is 19.0. The maximum Gasteiger partial charge on any atom is 0.338 e. The van der Waals surface area contributed by atoms with Gasteiger partial charge in [-0.1, -0.05) is 142 Å². The summed E-state index contributed by atoms with van der Waals surface area (Å²) in [6.07, 6.45) is 27.2. The summed E-state index contributed by atoms with van der Waals surface area (Å²) in [5, 5.41) is 0. The highest BCUT2D eigenvalue weighted by molar-refractivity contribution is 5.90. The van der Waals surface area contributed by atoms with Crippen LogP contribution in [0, 0.1) is 46.3 Å². The number of carbonyl (C=O) groups excluding carboxylic acids is 1. The van der Waals surface area contributed by atoms with Crippen LogP contribution in [0.25, 0.3) is 11.1 Å². The molecule has 0 saturated heterocycles. The van der Waals surface area contributed by atoms with Gasteiger partial charge in [0.15, 0.2) is 0 Å². The number of ether oxygens (including phenoxy) is 2. The fraction of sp³-hybridized carbons (Fsp3) is 0.700. The Balaban J connectivity index is 0.970. The van der Waals surface area contributed by atoms with Gasteiger partial charge >= 0.3 is 5.97 Å². The maximum atomic E-state index is 13.4. The fourth-order valence-corrected chi connectivity index (χ4v) is 11.9. The van der Waals surface area contributed by atoms with Gasteiger partial charge in [0, 0.05) is 6.42 Å². The van der Waals surface area contributed by atoms with Gasteiger partial charge in [-0.15, -0.1) is 0 Å². The summed E-state index contributed by atoms with van der Waals surface area (Å²) in [5.74, 6) is 5.82. The normalized spacial score (nSPS) is 29.9. The number of rotatable bonds is 18. The number of fused-ring (bicyclic) bond motifs is 5. The first-order valence-corrected chi connectivity index (χ1v) is 22.4. The Labute approximate surface area is 324 Å². The van der Waals surface area contributed by atoms with Gasteiger partial charge in [-0.25, -0.2) is 4.79 Å². The molecule has 53 heavy (non-hydrogen) atoms. The minimum Gasteiger partial charge on any atom is -0.494 e. The van der Waals surface area contributed by atoms with Crippen molar-refractivity contribution in [2.24, 2.45) is 46.3 Å². The summed E-state index contributed by atoms with van der Waals surface area (Å²) in [7, 11) is 0. The lowest BCUT2D eigenvalue weighted by molar-refractivity contribution is -0.0594. The van der Waals surface area contributed by atoms with Crippen LogP contribution in [0.1, 0.15) is 174 Å². The zero-order chi connectivity index (χ0) is 37.4. The van der Waals surface area contributed by atoms with E-state index in [1.54, 1.807) is 5.57 Å². The van der Waals surface area contributed by atoms with Crippen molar-refractivity contribution in [2.75, 3.05) is 6.61 Å². The molecule has 0 spiro atoms. The van der Waals surface area contributed by atoms with Gasteiger partial charge in [0.05, 0.1) is 12.2 Å². The molecule has 0 unspecified atom stereocenters. The highest BCUT2D eigenvalue weighted by atomic mass is 16.5. The van der Waals surface area contributed by atoms with E-state index in [0.717, 1.165) is 84.7 Å². The molecule has 3 nitrogen and oxygen atoms in total. The van der Waals surface area contributed by atoms with E-state index in [0.29, 0.717) is 11.0 Å². The predicted molar refractivity (Wildman–Crippen MR) is 222 cm³/mol. The smallest absolute Gasteiger partial charge is 0.338 e. The maximum absolute atomic E-state index is 13.4. The number of hydrogen-bond acceptors (Lipinski definition) is 3. The van der Waals surface area contributed by atoms with Crippen molar-refractivity contribution in [3.63, 3.8) is 0 Å². The second kappa shape index (κ2) is 18.4. The summed E-state index contributed by atoms with van der Waals surface area (Å²) in [5.41, 5.74) is 5.25. The van der Waals surface area contributed by atoms with E-state index in [4.69, 9.17) is 9.47 Å². The summed E-state index contributed by atoms with van der Waals surface area (Å²) in [6, 6.07) is 16.3. The molecule has 6 rings (SSSR count). The number of carbonyl (C=O) groups is 1. The standard InChI is InChI=1S/C50H74O3/c1-7-8-9-10-11-12-13-14-34-52-42-25-22-39(23-26-42)38-18-20-40(21-19-38)48(51)53-43-30-32-49(5)41(35-43)24-27-44-46-29-28-45(37(4)17-15-16-36(2)3)50(46,6)33-31-47(44)49/h18-26,36-37,43-47H,7-17,27-35H2,1-6H3/t37-,43+,44+,45-,46+,47+,49+,50-/m1/s1. The van der Waals surface area contributed by atoms with Crippen molar-refractivity contribution in [1.82, 2.24) is 0 Å². The molecule has 3 heteroatoms. The first-order chi connectivity index (χ1) is 25.6. The molecule has 0 N–H and O–H groups in total. The van der Waals surface area contributed by atoms with E-state index in [1.807, 2.05) is 24.3 Å². The molecule has 0 amide bonds. The third kappa shape index (κ3) is 9.47. The van der Waals surface area contributed by atoms with Gasteiger partial charge in [-0.3, -0.25) is 0 Å². The molecule has 292 valence electrons. The van der Waals surface area contributed by atoms with Gasteiger partial charge in [-0.05, 0) is 133 Å². The topological polar surface area (TPSA) is 35.5 Å². The lowest BCUT2D eigenvalue weighted by Crippen LogP contribution is -2.51. The molecule has 3 saturated carbocycles. The lowest BCUT2D eigenvalue weighted by atomic mass is 9.47. The summed E-state index contributed by atoms with van der Waals surface area (Å²) in [6.45, 7) is 15.6. The third-order valence-corrected chi connectivity index (χ3v) is 15.1. The Hall–Kier alpha value is -2.55. The average molecular weight is 723 g/mol. The first-order valence-electron chi connectivity index (χ1n) is 22.4. The lowest BCUT2D eigenvalue weighted by Gasteiger charge is -2.58. The molecule has 0 aliphatic heterocycles. The Morgan fingerprint density at radius 1 is 0.755 bits per heavy atom. The van der Waals surface area contributed by atoms with Gasteiger partial charge in [0.25, 0.3) is 0 Å². The molecule has 8 atom stereocenters. The Morgan fingerprint density at radius 2 is 1.43 bits per heavy atom. The number of esters is 1. The van der Waals surface area contributed by atoms with Gasteiger partial charge in [-0.2, -0.15) is 0 Å². The van der Waals surface area contributed by atoms with Crippen LogP contribution >= 0.6 is 0 Å². The average Bonchev–Trinajstić information content (AvgIpc) is 3.52. The van der Waals surface area contributed by atoms with Crippen molar-refractivity contribution in [1.29, 1.82) is 0 Å². The molecule has 0 radical (unpaired) electrons. The molecular weight excluding hydrogens is 649 g/mol. The van der Waals surface area contributed by atoms with Crippen LogP contribution in [0.15, 0.2) is 60.2 Å². The van der Waals surface area contributed by atoms with E-state index in [1.165, 1.54) is 96.3 Å². The zero-order valence-electron chi connectivity index (χ0n) is 34.6. The zero-order valence-corrected chi connectivity index (χ0v) is 34.6. The van der Waals surface area contributed by atoms with Crippen LogP contribution in [0.3, 0.4) is 0 Å². The van der Waals surface area contributed by atoms with E-state index < -0.39 is 0 Å². The van der Waals surface area contributed by atoms with Gasteiger partial charge in [0.2, 0.25) is 0 Å². The van der Waals surface area contributed by atoms with E-state index in [2.05, 4.69) is 71.9 Å². The van der Waals surface area contributed by atoms with E-state index in [9.17, 15) is 4.79 Å². The highest BCUT2D eigenvalue weighted by Gasteiger charge is 2.59. The predicted octanol–water partition coefficient (Wildman–Crippen LogP) is 14.4. The van der Waals surface area contributed by atoms with E-state index >= 15 is 0 Å². The summed E-state index contributed by atoms with van der Waals surface area (Å²) in [4.78, 5) is 13.4.